The van der Waals surface area contributed by atoms with Crippen molar-refractivity contribution in [2.24, 2.45) is 17.8 Å². The van der Waals surface area contributed by atoms with E-state index in [-0.39, 0.29) is 0 Å². The zero-order valence-corrected chi connectivity index (χ0v) is 8.68. The van der Waals surface area contributed by atoms with Crippen molar-refractivity contribution >= 4 is 0 Å². The fourth-order valence-electron chi connectivity index (χ4n) is 2.36. The Balaban J connectivity index is 0.000000336. The van der Waals surface area contributed by atoms with Gasteiger partial charge in [-0.2, -0.15) is 0 Å². The third kappa shape index (κ3) is 2.22. The van der Waals surface area contributed by atoms with Gasteiger partial charge in [0.05, 0.1) is 0 Å². The molecule has 0 radical (unpaired) electrons. The molecule has 0 amide bonds. The number of hydrogen-bond donors (Lipinski definition) is 0. The molecule has 3 atom stereocenters. The standard InChI is InChI=1S/C9H16O.C2H6/c1-7-2-3-8-5-10-6-9(8)4-7;1-2/h7-9H,2-6H2,1H3;1-2H3. The van der Waals surface area contributed by atoms with Crippen molar-refractivity contribution in [2.75, 3.05) is 13.2 Å². The van der Waals surface area contributed by atoms with E-state index in [0.29, 0.717) is 0 Å². The molecular weight excluding hydrogens is 148 g/mol. The first-order valence-corrected chi connectivity index (χ1v) is 5.44. The van der Waals surface area contributed by atoms with Crippen LogP contribution in [0.1, 0.15) is 40.0 Å². The number of rotatable bonds is 0. The molecule has 2 fully saturated rings. The van der Waals surface area contributed by atoms with Crippen molar-refractivity contribution in [1.82, 2.24) is 0 Å². The summed E-state index contributed by atoms with van der Waals surface area (Å²) in [6.45, 7) is 8.47. The van der Waals surface area contributed by atoms with Crippen molar-refractivity contribution in [3.8, 4) is 0 Å². The molecule has 0 bridgehead atoms. The summed E-state index contributed by atoms with van der Waals surface area (Å²) in [5.74, 6) is 2.81. The van der Waals surface area contributed by atoms with E-state index in [0.717, 1.165) is 31.0 Å². The first kappa shape index (κ1) is 10.0. The molecule has 0 aromatic carbocycles. The van der Waals surface area contributed by atoms with Gasteiger partial charge < -0.3 is 4.74 Å². The lowest BCUT2D eigenvalue weighted by Crippen LogP contribution is -2.21. The van der Waals surface area contributed by atoms with Gasteiger partial charge in [-0.3, -0.25) is 0 Å². The summed E-state index contributed by atoms with van der Waals surface area (Å²) in [4.78, 5) is 0. The van der Waals surface area contributed by atoms with E-state index in [1.165, 1.54) is 19.3 Å². The van der Waals surface area contributed by atoms with Gasteiger partial charge >= 0.3 is 0 Å². The zero-order chi connectivity index (χ0) is 8.97. The van der Waals surface area contributed by atoms with Crippen LogP contribution in [0, 0.1) is 17.8 Å². The van der Waals surface area contributed by atoms with E-state index < -0.39 is 0 Å². The minimum atomic E-state index is 0.920. The van der Waals surface area contributed by atoms with Gasteiger partial charge in [-0.1, -0.05) is 27.2 Å². The quantitative estimate of drug-likeness (QED) is 0.543. The van der Waals surface area contributed by atoms with Crippen molar-refractivity contribution in [3.05, 3.63) is 0 Å². The number of ether oxygens (including phenoxy) is 1. The normalized spacial score (nSPS) is 39.8. The molecule has 2 rings (SSSR count). The second kappa shape index (κ2) is 4.86. The Kier molecular flexibility index (Phi) is 4.07. The van der Waals surface area contributed by atoms with E-state index in [4.69, 9.17) is 4.74 Å². The number of fused-ring (bicyclic) bond motifs is 1. The van der Waals surface area contributed by atoms with E-state index in [9.17, 15) is 0 Å². The van der Waals surface area contributed by atoms with Crippen molar-refractivity contribution in [3.63, 3.8) is 0 Å². The van der Waals surface area contributed by atoms with Crippen LogP contribution in [0.4, 0.5) is 0 Å². The monoisotopic (exact) mass is 170 g/mol. The third-order valence-electron chi connectivity index (χ3n) is 3.07. The molecule has 1 saturated heterocycles. The minimum absolute atomic E-state index is 0.920. The Morgan fingerprint density at radius 3 is 2.42 bits per heavy atom. The van der Waals surface area contributed by atoms with Crippen LogP contribution in [-0.4, -0.2) is 13.2 Å². The SMILES string of the molecule is CC.CC1CCC2COCC2C1. The summed E-state index contributed by atoms with van der Waals surface area (Å²) < 4.78 is 5.44. The van der Waals surface area contributed by atoms with Crippen LogP contribution in [0.25, 0.3) is 0 Å². The van der Waals surface area contributed by atoms with Gasteiger partial charge in [0.2, 0.25) is 0 Å². The Morgan fingerprint density at radius 1 is 1.00 bits per heavy atom. The highest BCUT2D eigenvalue weighted by Crippen LogP contribution is 2.37. The van der Waals surface area contributed by atoms with Crippen molar-refractivity contribution in [2.45, 2.75) is 40.0 Å². The van der Waals surface area contributed by atoms with Crippen LogP contribution in [0.15, 0.2) is 0 Å². The van der Waals surface area contributed by atoms with Crippen molar-refractivity contribution in [1.29, 1.82) is 0 Å². The van der Waals surface area contributed by atoms with E-state index in [1.54, 1.807) is 0 Å². The molecular formula is C11H22O. The summed E-state index contributed by atoms with van der Waals surface area (Å²) in [6.07, 6.45) is 4.28. The van der Waals surface area contributed by atoms with Gasteiger partial charge in [-0.05, 0) is 30.6 Å². The highest BCUT2D eigenvalue weighted by molar-refractivity contribution is 4.81. The lowest BCUT2D eigenvalue weighted by Gasteiger charge is -2.27. The van der Waals surface area contributed by atoms with Gasteiger partial charge in [0, 0.05) is 13.2 Å². The lowest BCUT2D eigenvalue weighted by molar-refractivity contribution is 0.180. The molecule has 0 aromatic heterocycles. The topological polar surface area (TPSA) is 9.23 Å². The summed E-state index contributed by atoms with van der Waals surface area (Å²) in [5.41, 5.74) is 0. The molecule has 1 heterocycles. The molecule has 72 valence electrons. The molecule has 3 unspecified atom stereocenters. The van der Waals surface area contributed by atoms with Crippen LogP contribution >= 0.6 is 0 Å². The second-order valence-corrected chi connectivity index (χ2v) is 3.98. The predicted molar refractivity (Wildman–Crippen MR) is 52.2 cm³/mol. The molecule has 0 spiro atoms. The van der Waals surface area contributed by atoms with E-state index in [1.807, 2.05) is 13.8 Å². The summed E-state index contributed by atoms with van der Waals surface area (Å²) in [6, 6.07) is 0. The first-order chi connectivity index (χ1) is 5.86. The Morgan fingerprint density at radius 2 is 1.67 bits per heavy atom. The molecule has 12 heavy (non-hydrogen) atoms. The van der Waals surface area contributed by atoms with Gasteiger partial charge in [0.25, 0.3) is 0 Å². The maximum Gasteiger partial charge on any atom is 0.0498 e. The summed E-state index contributed by atoms with van der Waals surface area (Å²) in [5, 5.41) is 0. The maximum atomic E-state index is 5.44. The molecule has 1 heteroatoms. The van der Waals surface area contributed by atoms with E-state index in [2.05, 4.69) is 6.92 Å². The first-order valence-electron chi connectivity index (χ1n) is 5.44. The highest BCUT2D eigenvalue weighted by atomic mass is 16.5. The lowest BCUT2D eigenvalue weighted by atomic mass is 9.77. The largest absolute Gasteiger partial charge is 0.381 e. The average Bonchev–Trinajstić information content (AvgIpc) is 2.54. The third-order valence-corrected chi connectivity index (χ3v) is 3.07. The molecule has 0 N–H and O–H groups in total. The Labute approximate surface area is 76.5 Å². The molecule has 0 aromatic rings. The molecule has 1 saturated carbocycles. The fourth-order valence-corrected chi connectivity index (χ4v) is 2.36. The molecule has 1 aliphatic heterocycles. The summed E-state index contributed by atoms with van der Waals surface area (Å²) in [7, 11) is 0. The van der Waals surface area contributed by atoms with Crippen LogP contribution in [0.3, 0.4) is 0 Å². The molecule has 1 aliphatic carbocycles. The smallest absolute Gasteiger partial charge is 0.0498 e. The number of hydrogen-bond acceptors (Lipinski definition) is 1. The second-order valence-electron chi connectivity index (χ2n) is 3.98. The predicted octanol–water partition coefficient (Wildman–Crippen LogP) is 3.10. The molecule has 2 aliphatic rings. The van der Waals surface area contributed by atoms with Gasteiger partial charge in [-0.15, -0.1) is 0 Å². The summed E-state index contributed by atoms with van der Waals surface area (Å²) >= 11 is 0. The average molecular weight is 170 g/mol. The Hall–Kier alpha value is -0.0400. The highest BCUT2D eigenvalue weighted by Gasteiger charge is 2.32. The van der Waals surface area contributed by atoms with Crippen LogP contribution in [0.5, 0.6) is 0 Å². The Bertz CT molecular complexity index is 122. The minimum Gasteiger partial charge on any atom is -0.381 e. The van der Waals surface area contributed by atoms with Crippen LogP contribution in [-0.2, 0) is 4.74 Å². The molecule has 1 nitrogen and oxygen atoms in total. The van der Waals surface area contributed by atoms with E-state index >= 15 is 0 Å². The van der Waals surface area contributed by atoms with Gasteiger partial charge in [0.1, 0.15) is 0 Å². The van der Waals surface area contributed by atoms with Crippen molar-refractivity contribution < 1.29 is 4.74 Å². The van der Waals surface area contributed by atoms with Crippen LogP contribution < -0.4 is 0 Å². The van der Waals surface area contributed by atoms with Gasteiger partial charge in [0.15, 0.2) is 0 Å². The fraction of sp³-hybridized carbons (Fsp3) is 1.00. The maximum absolute atomic E-state index is 5.44. The van der Waals surface area contributed by atoms with Crippen LogP contribution in [0.2, 0.25) is 0 Å². The zero-order valence-electron chi connectivity index (χ0n) is 8.68. The van der Waals surface area contributed by atoms with Gasteiger partial charge in [-0.25, -0.2) is 0 Å².